The lowest BCUT2D eigenvalue weighted by atomic mass is 10.2. The average Bonchev–Trinajstić information content (AvgIpc) is 2.90. The Morgan fingerprint density at radius 1 is 1.43 bits per heavy atom. The quantitative estimate of drug-likeness (QED) is 0.812. The van der Waals surface area contributed by atoms with Crippen molar-refractivity contribution in [2.75, 3.05) is 11.3 Å². The van der Waals surface area contributed by atoms with Gasteiger partial charge in [-0.15, -0.1) is 0 Å². The topological polar surface area (TPSA) is 90.0 Å². The van der Waals surface area contributed by atoms with Crippen molar-refractivity contribution in [3.05, 3.63) is 40.6 Å². The zero-order valence-electron chi connectivity index (χ0n) is 11.6. The molecule has 2 rings (SSSR count). The molecule has 0 aliphatic carbocycles. The van der Waals surface area contributed by atoms with Crippen molar-refractivity contribution in [3.8, 4) is 0 Å². The Morgan fingerprint density at radius 3 is 2.86 bits per heavy atom. The van der Waals surface area contributed by atoms with Crippen molar-refractivity contribution >= 4 is 31.6 Å². The molecular weight excluding hydrogens is 356 g/mol. The van der Waals surface area contributed by atoms with Crippen LogP contribution in [-0.2, 0) is 16.6 Å². The monoisotopic (exact) mass is 372 g/mol. The Hall–Kier alpha value is -1.38. The predicted octanol–water partition coefficient (Wildman–Crippen LogP) is 2.10. The summed E-state index contributed by atoms with van der Waals surface area (Å²) in [4.78, 5) is 0.135. The van der Waals surface area contributed by atoms with Crippen molar-refractivity contribution in [2.24, 2.45) is 5.73 Å². The van der Waals surface area contributed by atoms with Gasteiger partial charge in [-0.05, 0) is 37.6 Å². The van der Waals surface area contributed by atoms with Crippen LogP contribution in [0.5, 0.6) is 0 Å². The number of halogens is 1. The SMILES string of the molecule is Cc1ccc(NS(=O)(=O)c2cnn(CCCN)c2)cc1Br. The van der Waals surface area contributed by atoms with E-state index in [1.54, 1.807) is 16.8 Å². The molecule has 21 heavy (non-hydrogen) atoms. The van der Waals surface area contributed by atoms with Crippen LogP contribution in [0.2, 0.25) is 0 Å². The fraction of sp³-hybridized carbons (Fsp3) is 0.308. The third-order valence-corrected chi connectivity index (χ3v) is 5.13. The number of benzene rings is 1. The van der Waals surface area contributed by atoms with Gasteiger partial charge in [0.05, 0.1) is 6.20 Å². The van der Waals surface area contributed by atoms with Gasteiger partial charge in [0.2, 0.25) is 0 Å². The summed E-state index contributed by atoms with van der Waals surface area (Å²) in [5.41, 5.74) is 6.96. The van der Waals surface area contributed by atoms with Gasteiger partial charge in [-0.2, -0.15) is 5.10 Å². The van der Waals surface area contributed by atoms with E-state index in [0.29, 0.717) is 18.8 Å². The Labute approximate surface area is 132 Å². The van der Waals surface area contributed by atoms with Gasteiger partial charge in [0, 0.05) is 22.9 Å². The molecule has 0 bridgehead atoms. The van der Waals surface area contributed by atoms with Crippen LogP contribution in [0.1, 0.15) is 12.0 Å². The molecule has 0 aliphatic heterocycles. The normalized spacial score (nSPS) is 11.6. The highest BCUT2D eigenvalue weighted by atomic mass is 79.9. The molecule has 1 aromatic heterocycles. The molecule has 0 saturated carbocycles. The highest BCUT2D eigenvalue weighted by Gasteiger charge is 2.17. The van der Waals surface area contributed by atoms with Crippen molar-refractivity contribution in [3.63, 3.8) is 0 Å². The molecule has 0 atom stereocenters. The zero-order chi connectivity index (χ0) is 15.5. The van der Waals surface area contributed by atoms with Gasteiger partial charge in [-0.1, -0.05) is 22.0 Å². The Balaban J connectivity index is 2.17. The van der Waals surface area contributed by atoms with E-state index < -0.39 is 10.0 Å². The van der Waals surface area contributed by atoms with Crippen LogP contribution in [0.3, 0.4) is 0 Å². The minimum Gasteiger partial charge on any atom is -0.330 e. The molecule has 0 aliphatic rings. The first kappa shape index (κ1) is 16.0. The molecule has 0 amide bonds. The number of aryl methyl sites for hydroxylation is 2. The highest BCUT2D eigenvalue weighted by Crippen LogP contribution is 2.22. The molecular formula is C13H17BrN4O2S. The summed E-state index contributed by atoms with van der Waals surface area (Å²) in [6.45, 7) is 3.07. The summed E-state index contributed by atoms with van der Waals surface area (Å²) in [5, 5.41) is 4.03. The van der Waals surface area contributed by atoms with Gasteiger partial charge in [0.25, 0.3) is 10.0 Å². The lowest BCUT2D eigenvalue weighted by molar-refractivity contribution is 0.582. The molecule has 2 aromatic rings. The van der Waals surface area contributed by atoms with E-state index in [4.69, 9.17) is 5.73 Å². The summed E-state index contributed by atoms with van der Waals surface area (Å²) in [6.07, 6.45) is 3.59. The molecule has 0 spiro atoms. The maximum Gasteiger partial charge on any atom is 0.265 e. The Morgan fingerprint density at radius 2 is 2.19 bits per heavy atom. The van der Waals surface area contributed by atoms with Crippen molar-refractivity contribution < 1.29 is 8.42 Å². The number of nitrogens with one attached hydrogen (secondary N) is 1. The van der Waals surface area contributed by atoms with Crippen LogP contribution >= 0.6 is 15.9 Å². The van der Waals surface area contributed by atoms with Crippen LogP contribution in [-0.4, -0.2) is 24.7 Å². The predicted molar refractivity (Wildman–Crippen MR) is 85.6 cm³/mol. The standard InChI is InChI=1S/C13H17BrN4O2S/c1-10-3-4-11(7-13(10)14)17-21(19,20)12-8-16-18(9-12)6-2-5-15/h3-4,7-9,17H,2,5-6,15H2,1H3. The van der Waals surface area contributed by atoms with Crippen LogP contribution in [0.15, 0.2) is 40.0 Å². The largest absolute Gasteiger partial charge is 0.330 e. The van der Waals surface area contributed by atoms with Crippen molar-refractivity contribution in [1.82, 2.24) is 9.78 Å². The third-order valence-electron chi connectivity index (χ3n) is 2.94. The number of aromatic nitrogens is 2. The second-order valence-electron chi connectivity index (χ2n) is 4.65. The third kappa shape index (κ3) is 4.05. The Kier molecular flexibility index (Phi) is 5.02. The molecule has 0 saturated heterocycles. The highest BCUT2D eigenvalue weighted by molar-refractivity contribution is 9.10. The first-order chi connectivity index (χ1) is 9.92. The summed E-state index contributed by atoms with van der Waals surface area (Å²) >= 11 is 3.38. The van der Waals surface area contributed by atoms with Crippen LogP contribution in [0.4, 0.5) is 5.69 Å². The second-order valence-corrected chi connectivity index (χ2v) is 7.19. The van der Waals surface area contributed by atoms with E-state index in [0.717, 1.165) is 16.5 Å². The minimum absolute atomic E-state index is 0.135. The number of nitrogens with zero attached hydrogens (tertiary/aromatic N) is 2. The smallest absolute Gasteiger partial charge is 0.265 e. The molecule has 8 heteroatoms. The van der Waals surface area contributed by atoms with Crippen molar-refractivity contribution in [1.29, 1.82) is 0 Å². The molecule has 1 heterocycles. The molecule has 114 valence electrons. The van der Waals surface area contributed by atoms with Gasteiger partial charge < -0.3 is 5.73 Å². The summed E-state index contributed by atoms with van der Waals surface area (Å²) < 4.78 is 29.5. The van der Waals surface area contributed by atoms with Crippen LogP contribution < -0.4 is 10.5 Å². The van der Waals surface area contributed by atoms with Crippen molar-refractivity contribution in [2.45, 2.75) is 24.8 Å². The number of rotatable bonds is 6. The fourth-order valence-corrected chi connectivity index (χ4v) is 3.11. The first-order valence-electron chi connectivity index (χ1n) is 6.44. The van der Waals surface area contributed by atoms with Crippen LogP contribution in [0, 0.1) is 6.92 Å². The van der Waals surface area contributed by atoms with E-state index in [2.05, 4.69) is 25.8 Å². The molecule has 6 nitrogen and oxygen atoms in total. The van der Waals surface area contributed by atoms with E-state index >= 15 is 0 Å². The number of anilines is 1. The molecule has 0 fully saturated rings. The first-order valence-corrected chi connectivity index (χ1v) is 8.71. The van der Waals surface area contributed by atoms with E-state index in [9.17, 15) is 8.42 Å². The lowest BCUT2D eigenvalue weighted by Crippen LogP contribution is -2.12. The number of nitrogens with two attached hydrogens (primary N) is 1. The summed E-state index contributed by atoms with van der Waals surface area (Å²) in [6, 6.07) is 5.29. The Bertz CT molecular complexity index is 728. The van der Waals surface area contributed by atoms with Gasteiger partial charge in [-0.3, -0.25) is 9.40 Å². The fourth-order valence-electron chi connectivity index (χ4n) is 1.73. The van der Waals surface area contributed by atoms with Gasteiger partial charge in [0.15, 0.2) is 0 Å². The summed E-state index contributed by atoms with van der Waals surface area (Å²) in [5.74, 6) is 0. The second kappa shape index (κ2) is 6.59. The molecule has 1 aromatic carbocycles. The zero-order valence-corrected chi connectivity index (χ0v) is 14.0. The number of hydrogen-bond acceptors (Lipinski definition) is 4. The van der Waals surface area contributed by atoms with Gasteiger partial charge in [0.1, 0.15) is 4.90 Å². The van der Waals surface area contributed by atoms with E-state index in [-0.39, 0.29) is 4.90 Å². The lowest BCUT2D eigenvalue weighted by Gasteiger charge is -2.07. The number of sulfonamides is 1. The van der Waals surface area contributed by atoms with Crippen LogP contribution in [0.25, 0.3) is 0 Å². The van der Waals surface area contributed by atoms with Gasteiger partial charge in [-0.25, -0.2) is 8.42 Å². The maximum absolute atomic E-state index is 12.3. The molecule has 0 radical (unpaired) electrons. The summed E-state index contributed by atoms with van der Waals surface area (Å²) in [7, 11) is -3.63. The van der Waals surface area contributed by atoms with Gasteiger partial charge >= 0.3 is 0 Å². The maximum atomic E-state index is 12.3. The number of hydrogen-bond donors (Lipinski definition) is 2. The average molecular weight is 373 g/mol. The van der Waals surface area contributed by atoms with E-state index in [1.165, 1.54) is 12.4 Å². The molecule has 3 N–H and O–H groups in total. The molecule has 0 unspecified atom stereocenters. The minimum atomic E-state index is -3.63. The van der Waals surface area contributed by atoms with E-state index in [1.807, 2.05) is 13.0 Å².